The average Bonchev–Trinajstić information content (AvgIpc) is 2.84. The molecule has 0 aromatic heterocycles. The minimum Gasteiger partial charge on any atom is -0.508 e. The first kappa shape index (κ1) is 22.0. The maximum atomic E-state index is 11.8. The van der Waals surface area contributed by atoms with Gasteiger partial charge in [0.25, 0.3) is 0 Å². The number of nitrogens with one attached hydrogen (secondary N) is 1. The molecule has 0 fully saturated rings. The van der Waals surface area contributed by atoms with Crippen LogP contribution in [0.15, 0.2) is 76.2 Å². The van der Waals surface area contributed by atoms with Crippen LogP contribution in [-0.2, 0) is 4.74 Å². The highest BCUT2D eigenvalue weighted by atomic mass is 79.9. The molecular weight excluding hydrogens is 472 g/mol. The van der Waals surface area contributed by atoms with Crippen LogP contribution in [0.1, 0.15) is 45.7 Å². The summed E-state index contributed by atoms with van der Waals surface area (Å²) in [7, 11) is 3.00. The monoisotopic (exact) mass is 494 g/mol. The second-order valence-corrected chi connectivity index (χ2v) is 8.37. The Kier molecular flexibility index (Phi) is 6.58. The second-order valence-electron chi connectivity index (χ2n) is 7.45. The summed E-state index contributed by atoms with van der Waals surface area (Å²) >= 11 is 3.50. The first-order chi connectivity index (χ1) is 15.5. The van der Waals surface area contributed by atoms with Crippen molar-refractivity contribution >= 4 is 27.6 Å². The Balaban J connectivity index is 1.74. The number of phenols is 1. The summed E-state index contributed by atoms with van der Waals surface area (Å²) < 4.78 is 11.1. The normalized spacial score (nSPS) is 18.0. The van der Waals surface area contributed by atoms with Crippen molar-refractivity contribution in [2.75, 3.05) is 14.2 Å². The summed E-state index contributed by atoms with van der Waals surface area (Å²) in [5, 5.41) is 14.1. The number of carbonyl (C=O) groups is 1. The second kappa shape index (κ2) is 9.54. The third kappa shape index (κ3) is 4.69. The molecule has 3 aromatic carbocycles. The van der Waals surface area contributed by atoms with Gasteiger partial charge in [0.05, 0.1) is 19.8 Å². The zero-order chi connectivity index (χ0) is 22.7. The van der Waals surface area contributed by atoms with Gasteiger partial charge in [0.15, 0.2) is 0 Å². The van der Waals surface area contributed by atoms with Crippen molar-refractivity contribution < 1.29 is 19.4 Å². The van der Waals surface area contributed by atoms with Crippen LogP contribution in [0.4, 0.5) is 0 Å². The SMILES string of the molecule is COC(=O)c1ccc([C@@H]2N=C(c3cccc(OC)c3)C[C@@H](c3cc(Br)ccc3O)N2)cc1. The highest BCUT2D eigenvalue weighted by molar-refractivity contribution is 9.10. The van der Waals surface area contributed by atoms with E-state index >= 15 is 0 Å². The van der Waals surface area contributed by atoms with E-state index in [-0.39, 0.29) is 23.9 Å². The molecule has 2 atom stereocenters. The summed E-state index contributed by atoms with van der Waals surface area (Å²) in [4.78, 5) is 16.8. The van der Waals surface area contributed by atoms with Crippen molar-refractivity contribution in [2.45, 2.75) is 18.6 Å². The van der Waals surface area contributed by atoms with Gasteiger partial charge in [-0.25, -0.2) is 4.79 Å². The fraction of sp³-hybridized carbons (Fsp3) is 0.200. The van der Waals surface area contributed by atoms with Crippen LogP contribution in [0.25, 0.3) is 0 Å². The van der Waals surface area contributed by atoms with Gasteiger partial charge in [-0.05, 0) is 53.6 Å². The zero-order valence-corrected chi connectivity index (χ0v) is 19.3. The number of hydrogen-bond acceptors (Lipinski definition) is 6. The van der Waals surface area contributed by atoms with Gasteiger partial charge in [-0.2, -0.15) is 0 Å². The Labute approximate surface area is 195 Å². The number of aromatic hydroxyl groups is 1. The van der Waals surface area contributed by atoms with Gasteiger partial charge in [-0.15, -0.1) is 0 Å². The average molecular weight is 495 g/mol. The van der Waals surface area contributed by atoms with Crippen LogP contribution < -0.4 is 10.1 Å². The molecule has 2 N–H and O–H groups in total. The lowest BCUT2D eigenvalue weighted by atomic mass is 9.93. The number of carbonyl (C=O) groups excluding carboxylic acids is 1. The van der Waals surface area contributed by atoms with E-state index in [9.17, 15) is 9.90 Å². The van der Waals surface area contributed by atoms with E-state index in [1.54, 1.807) is 25.3 Å². The number of rotatable bonds is 5. The maximum Gasteiger partial charge on any atom is 0.337 e. The zero-order valence-electron chi connectivity index (χ0n) is 17.7. The Morgan fingerprint density at radius 2 is 1.88 bits per heavy atom. The molecule has 0 saturated heterocycles. The van der Waals surface area contributed by atoms with Crippen molar-refractivity contribution in [3.05, 3.63) is 93.5 Å². The number of hydrogen-bond donors (Lipinski definition) is 2. The van der Waals surface area contributed by atoms with E-state index in [1.807, 2.05) is 48.5 Å². The first-order valence-electron chi connectivity index (χ1n) is 10.1. The molecule has 1 heterocycles. The van der Waals surface area contributed by atoms with Crippen molar-refractivity contribution in [2.24, 2.45) is 4.99 Å². The number of nitrogens with zero attached hydrogens (tertiary/aromatic N) is 1. The topological polar surface area (TPSA) is 80.2 Å². The number of phenolic OH excluding ortho intramolecular Hbond substituents is 1. The molecule has 0 bridgehead atoms. The van der Waals surface area contributed by atoms with Gasteiger partial charge in [-0.3, -0.25) is 10.3 Å². The molecule has 0 unspecified atom stereocenters. The first-order valence-corrected chi connectivity index (χ1v) is 10.9. The lowest BCUT2D eigenvalue weighted by Crippen LogP contribution is -2.33. The predicted octanol–water partition coefficient (Wildman–Crippen LogP) is 5.17. The van der Waals surface area contributed by atoms with Crippen molar-refractivity contribution in [3.63, 3.8) is 0 Å². The quantitative estimate of drug-likeness (QED) is 0.478. The molecule has 3 aromatic rings. The van der Waals surface area contributed by atoms with Gasteiger partial charge in [0.2, 0.25) is 0 Å². The van der Waals surface area contributed by atoms with Gasteiger partial charge in [-0.1, -0.05) is 40.2 Å². The van der Waals surface area contributed by atoms with Gasteiger partial charge < -0.3 is 14.6 Å². The number of benzene rings is 3. The molecule has 0 spiro atoms. The molecule has 0 amide bonds. The number of esters is 1. The maximum absolute atomic E-state index is 11.8. The van der Waals surface area contributed by atoms with Gasteiger partial charge >= 0.3 is 5.97 Å². The molecule has 7 heteroatoms. The van der Waals surface area contributed by atoms with Gasteiger partial charge in [0.1, 0.15) is 17.7 Å². The fourth-order valence-corrected chi connectivity index (χ4v) is 4.16. The summed E-state index contributed by atoms with van der Waals surface area (Å²) in [6.07, 6.45) is 0.230. The highest BCUT2D eigenvalue weighted by Gasteiger charge is 2.28. The molecule has 1 aliphatic heterocycles. The molecule has 164 valence electrons. The molecule has 0 saturated carbocycles. The van der Waals surface area contributed by atoms with E-state index in [2.05, 4.69) is 21.2 Å². The third-order valence-electron chi connectivity index (χ3n) is 5.46. The van der Waals surface area contributed by atoms with E-state index < -0.39 is 0 Å². The molecule has 1 aliphatic rings. The number of aliphatic imine (C=N–C) groups is 1. The van der Waals surface area contributed by atoms with Crippen LogP contribution >= 0.6 is 15.9 Å². The number of halogens is 1. The molecule has 4 rings (SSSR count). The summed E-state index contributed by atoms with van der Waals surface area (Å²) in [5.74, 6) is 0.590. The smallest absolute Gasteiger partial charge is 0.337 e. The third-order valence-corrected chi connectivity index (χ3v) is 5.95. The van der Waals surface area contributed by atoms with Crippen LogP contribution in [-0.4, -0.2) is 31.0 Å². The van der Waals surface area contributed by atoms with Crippen molar-refractivity contribution in [1.29, 1.82) is 0 Å². The molecule has 32 heavy (non-hydrogen) atoms. The van der Waals surface area contributed by atoms with E-state index in [0.717, 1.165) is 32.6 Å². The van der Waals surface area contributed by atoms with Crippen LogP contribution in [0, 0.1) is 0 Å². The van der Waals surface area contributed by atoms with E-state index in [1.165, 1.54) is 7.11 Å². The summed E-state index contributed by atoms with van der Waals surface area (Å²) in [6.45, 7) is 0. The van der Waals surface area contributed by atoms with Crippen LogP contribution in [0.2, 0.25) is 0 Å². The molecule has 0 radical (unpaired) electrons. The Hall–Kier alpha value is -3.16. The largest absolute Gasteiger partial charge is 0.508 e. The summed E-state index contributed by atoms with van der Waals surface area (Å²) in [5.41, 5.74) is 4.02. The minimum absolute atomic E-state index is 0.170. The summed E-state index contributed by atoms with van der Waals surface area (Å²) in [6, 6.07) is 20.2. The van der Waals surface area contributed by atoms with Gasteiger partial charge in [0, 0.05) is 28.2 Å². The van der Waals surface area contributed by atoms with Crippen molar-refractivity contribution in [1.82, 2.24) is 5.32 Å². The Morgan fingerprint density at radius 1 is 1.09 bits per heavy atom. The molecular formula is C25H23BrN2O4. The molecule has 0 aliphatic carbocycles. The predicted molar refractivity (Wildman–Crippen MR) is 126 cm³/mol. The number of ether oxygens (including phenoxy) is 2. The minimum atomic E-state index is -0.384. The van der Waals surface area contributed by atoms with Crippen LogP contribution in [0.5, 0.6) is 11.5 Å². The van der Waals surface area contributed by atoms with E-state index in [0.29, 0.717) is 12.0 Å². The Morgan fingerprint density at radius 3 is 2.59 bits per heavy atom. The lowest BCUT2D eigenvalue weighted by molar-refractivity contribution is 0.0600. The standard InChI is InChI=1S/C25H23BrN2O4/c1-31-19-5-3-4-17(12-19)21-14-22(20-13-18(26)10-11-23(20)29)28-24(27-21)15-6-8-16(9-7-15)25(30)32-2/h3-13,22,24,28-29H,14H2,1-2H3/t22-,24+/m0/s1. The number of methoxy groups -OCH3 is 2. The van der Waals surface area contributed by atoms with Crippen molar-refractivity contribution in [3.8, 4) is 11.5 Å². The molecule has 6 nitrogen and oxygen atoms in total. The lowest BCUT2D eigenvalue weighted by Gasteiger charge is -2.31. The van der Waals surface area contributed by atoms with Crippen LogP contribution in [0.3, 0.4) is 0 Å². The fourth-order valence-electron chi connectivity index (χ4n) is 3.78. The highest BCUT2D eigenvalue weighted by Crippen LogP contribution is 2.36. The Bertz CT molecular complexity index is 1160. The van der Waals surface area contributed by atoms with E-state index in [4.69, 9.17) is 14.5 Å².